The Kier molecular flexibility index (Phi) is 7.56. The molecule has 24 heavy (non-hydrogen) atoms. The molecule has 0 atom stereocenters. The van der Waals surface area contributed by atoms with Crippen molar-refractivity contribution < 1.29 is 14.3 Å². The molecule has 0 aromatic heterocycles. The van der Waals surface area contributed by atoms with Gasteiger partial charge in [-0.3, -0.25) is 0 Å². The first kappa shape index (κ1) is 19.8. The highest BCUT2D eigenvalue weighted by atomic mass is 16.6. The number of carbonyl (C=O) groups excluding carboxylic acids is 1. The molecule has 132 valence electrons. The second-order valence-corrected chi connectivity index (χ2v) is 6.56. The average molecular weight is 331 g/mol. The zero-order chi connectivity index (χ0) is 18.2. The van der Waals surface area contributed by atoms with Gasteiger partial charge in [0.1, 0.15) is 5.60 Å². The van der Waals surface area contributed by atoms with E-state index in [9.17, 15) is 4.79 Å². The van der Waals surface area contributed by atoms with Crippen LogP contribution in [0.2, 0.25) is 0 Å². The minimum Gasteiger partial charge on any atom is -0.482 e. The third kappa shape index (κ3) is 6.49. The Bertz CT molecular complexity index is 570. The predicted molar refractivity (Wildman–Crippen MR) is 98.4 cm³/mol. The van der Waals surface area contributed by atoms with Crippen molar-refractivity contribution in [2.75, 3.05) is 13.7 Å². The number of ether oxygens (including phenoxy) is 2. The van der Waals surface area contributed by atoms with Crippen molar-refractivity contribution in [2.24, 2.45) is 0 Å². The van der Waals surface area contributed by atoms with Gasteiger partial charge in [-0.2, -0.15) is 0 Å². The minimum atomic E-state index is -0.559. The summed E-state index contributed by atoms with van der Waals surface area (Å²) in [7, 11) is 1.55. The molecule has 0 spiro atoms. The normalized spacial score (nSPS) is 11.8. The Morgan fingerprint density at radius 1 is 1.25 bits per heavy atom. The first-order chi connectivity index (χ1) is 11.3. The highest BCUT2D eigenvalue weighted by Crippen LogP contribution is 2.20. The number of hydrogen-bond acceptors (Lipinski definition) is 3. The molecule has 1 amide bonds. The summed E-state index contributed by atoms with van der Waals surface area (Å²) in [5.74, 6) is 0.437. The van der Waals surface area contributed by atoms with E-state index in [0.717, 1.165) is 24.0 Å². The van der Waals surface area contributed by atoms with E-state index >= 15 is 0 Å². The van der Waals surface area contributed by atoms with Crippen molar-refractivity contribution in [1.29, 1.82) is 0 Å². The van der Waals surface area contributed by atoms with Gasteiger partial charge in [-0.05, 0) is 38.3 Å². The van der Waals surface area contributed by atoms with Crippen molar-refractivity contribution in [3.8, 4) is 0 Å². The summed E-state index contributed by atoms with van der Waals surface area (Å²) >= 11 is 0. The van der Waals surface area contributed by atoms with Crippen LogP contribution in [0.4, 0.5) is 4.79 Å². The average Bonchev–Trinajstić information content (AvgIpc) is 2.53. The van der Waals surface area contributed by atoms with Crippen LogP contribution in [-0.2, 0) is 9.47 Å². The van der Waals surface area contributed by atoms with Crippen LogP contribution in [0.15, 0.2) is 48.9 Å². The fraction of sp³-hybridized carbons (Fsp3) is 0.450. The Balaban J connectivity index is 3.05. The first-order valence-corrected chi connectivity index (χ1v) is 8.29. The largest absolute Gasteiger partial charge is 0.482 e. The summed E-state index contributed by atoms with van der Waals surface area (Å²) in [5.41, 5.74) is 1.20. The van der Waals surface area contributed by atoms with Crippen molar-refractivity contribution in [3.63, 3.8) is 0 Å². The molecule has 0 fully saturated rings. The van der Waals surface area contributed by atoms with Crippen LogP contribution < -0.4 is 0 Å². The van der Waals surface area contributed by atoms with Crippen LogP contribution in [0.1, 0.15) is 46.1 Å². The third-order valence-corrected chi connectivity index (χ3v) is 3.27. The monoisotopic (exact) mass is 331 g/mol. The smallest absolute Gasteiger partial charge is 0.417 e. The third-order valence-electron chi connectivity index (χ3n) is 3.27. The molecule has 4 heteroatoms. The number of rotatable bonds is 7. The van der Waals surface area contributed by atoms with Crippen LogP contribution in [0.5, 0.6) is 0 Å². The summed E-state index contributed by atoms with van der Waals surface area (Å²) in [6.45, 7) is 12.2. The van der Waals surface area contributed by atoms with E-state index in [-0.39, 0.29) is 0 Å². The fourth-order valence-electron chi connectivity index (χ4n) is 2.06. The number of allylic oxidation sites excluding steroid dienone is 2. The second-order valence-electron chi connectivity index (χ2n) is 6.56. The first-order valence-electron chi connectivity index (χ1n) is 8.29. The molecule has 0 bridgehead atoms. The van der Waals surface area contributed by atoms with E-state index < -0.39 is 11.7 Å². The summed E-state index contributed by atoms with van der Waals surface area (Å²) in [6.07, 6.45) is 3.19. The SMILES string of the molecule is C=C(/C=C(\OC)N(CCCC)C(=O)OC(C)(C)C)c1ccccc1. The maximum atomic E-state index is 12.5. The zero-order valence-corrected chi connectivity index (χ0v) is 15.5. The molecular formula is C20H29NO3. The van der Waals surface area contributed by atoms with Gasteiger partial charge in [0.2, 0.25) is 0 Å². The van der Waals surface area contributed by atoms with Gasteiger partial charge in [0, 0.05) is 12.6 Å². The van der Waals surface area contributed by atoms with Gasteiger partial charge in [0.15, 0.2) is 5.88 Å². The quantitative estimate of drug-likeness (QED) is 0.507. The molecular weight excluding hydrogens is 302 g/mol. The Hall–Kier alpha value is -2.23. The van der Waals surface area contributed by atoms with Crippen molar-refractivity contribution in [3.05, 3.63) is 54.4 Å². The van der Waals surface area contributed by atoms with Gasteiger partial charge < -0.3 is 9.47 Å². The number of amides is 1. The summed E-state index contributed by atoms with van der Waals surface area (Å²) in [5, 5.41) is 0. The minimum absolute atomic E-state index is 0.412. The topological polar surface area (TPSA) is 38.8 Å². The van der Waals surface area contributed by atoms with Crippen LogP contribution >= 0.6 is 0 Å². The zero-order valence-electron chi connectivity index (χ0n) is 15.5. The number of nitrogens with zero attached hydrogens (tertiary/aromatic N) is 1. The van der Waals surface area contributed by atoms with Crippen LogP contribution in [0.3, 0.4) is 0 Å². The van der Waals surface area contributed by atoms with Gasteiger partial charge in [-0.1, -0.05) is 50.3 Å². The van der Waals surface area contributed by atoms with Gasteiger partial charge in [-0.15, -0.1) is 0 Å². The maximum Gasteiger partial charge on any atom is 0.417 e. The van der Waals surface area contributed by atoms with Crippen molar-refractivity contribution in [1.82, 2.24) is 4.90 Å². The lowest BCUT2D eigenvalue weighted by atomic mass is 10.1. The maximum absolute atomic E-state index is 12.5. The van der Waals surface area contributed by atoms with Crippen molar-refractivity contribution in [2.45, 2.75) is 46.1 Å². The van der Waals surface area contributed by atoms with Crippen molar-refractivity contribution >= 4 is 11.7 Å². The number of hydrogen-bond donors (Lipinski definition) is 0. The fourth-order valence-corrected chi connectivity index (χ4v) is 2.06. The molecule has 0 aliphatic rings. The standard InChI is InChI=1S/C20H29NO3/c1-7-8-14-21(19(22)24-20(3,4)5)18(23-6)15-16(2)17-12-10-9-11-13-17/h9-13,15H,2,7-8,14H2,1,3-6H3/b18-15-. The molecule has 1 aromatic carbocycles. The highest BCUT2D eigenvalue weighted by Gasteiger charge is 2.25. The Labute approximate surface area is 145 Å². The summed E-state index contributed by atoms with van der Waals surface area (Å²) in [6, 6.07) is 9.78. The number of methoxy groups -OCH3 is 1. The molecule has 0 heterocycles. The van der Waals surface area contributed by atoms with E-state index in [4.69, 9.17) is 9.47 Å². The Morgan fingerprint density at radius 2 is 1.88 bits per heavy atom. The van der Waals surface area contributed by atoms with E-state index in [0.29, 0.717) is 12.4 Å². The van der Waals surface area contributed by atoms with E-state index in [1.807, 2.05) is 51.1 Å². The molecule has 0 N–H and O–H groups in total. The summed E-state index contributed by atoms with van der Waals surface area (Å²) < 4.78 is 11.0. The molecule has 0 aliphatic heterocycles. The lowest BCUT2D eigenvalue weighted by Gasteiger charge is -2.28. The van der Waals surface area contributed by atoms with Gasteiger partial charge in [0.05, 0.1) is 7.11 Å². The van der Waals surface area contributed by atoms with E-state index in [2.05, 4.69) is 13.5 Å². The van der Waals surface area contributed by atoms with Crippen LogP contribution in [0.25, 0.3) is 5.57 Å². The van der Waals surface area contributed by atoms with Crippen LogP contribution in [0, 0.1) is 0 Å². The van der Waals surface area contributed by atoms with Gasteiger partial charge >= 0.3 is 6.09 Å². The molecule has 0 radical (unpaired) electrons. The molecule has 4 nitrogen and oxygen atoms in total. The molecule has 1 rings (SSSR count). The van der Waals surface area contributed by atoms with Gasteiger partial charge in [0.25, 0.3) is 0 Å². The molecule has 0 saturated carbocycles. The molecule has 0 saturated heterocycles. The van der Waals surface area contributed by atoms with Crippen LogP contribution in [-0.4, -0.2) is 30.2 Å². The van der Waals surface area contributed by atoms with E-state index in [1.54, 1.807) is 13.2 Å². The molecule has 0 unspecified atom stereocenters. The number of unbranched alkanes of at least 4 members (excludes halogenated alkanes) is 1. The number of carbonyl (C=O) groups is 1. The van der Waals surface area contributed by atoms with E-state index in [1.165, 1.54) is 4.90 Å². The Morgan fingerprint density at radius 3 is 2.38 bits per heavy atom. The second kappa shape index (κ2) is 9.16. The molecule has 1 aromatic rings. The number of benzene rings is 1. The predicted octanol–water partition coefficient (Wildman–Crippen LogP) is 5.22. The van der Waals surface area contributed by atoms with Gasteiger partial charge in [-0.25, -0.2) is 9.69 Å². The lowest BCUT2D eigenvalue weighted by molar-refractivity contribution is 0.0191. The highest BCUT2D eigenvalue weighted by molar-refractivity contribution is 5.75. The summed E-state index contributed by atoms with van der Waals surface area (Å²) in [4.78, 5) is 14.1. The molecule has 0 aliphatic carbocycles. The lowest BCUT2D eigenvalue weighted by Crippen LogP contribution is -2.37.